The van der Waals surface area contributed by atoms with Gasteiger partial charge in [-0.2, -0.15) is 4.31 Å². The molecule has 0 atom stereocenters. The Morgan fingerprint density at radius 1 is 1.07 bits per heavy atom. The summed E-state index contributed by atoms with van der Waals surface area (Å²) in [6.07, 6.45) is 1.21. The van der Waals surface area contributed by atoms with Crippen LogP contribution in [0, 0.1) is 10.1 Å². The second-order valence-electron chi connectivity index (χ2n) is 6.78. The van der Waals surface area contributed by atoms with Crippen molar-refractivity contribution in [2.75, 3.05) is 49.3 Å². The Bertz CT molecular complexity index is 1000. The van der Waals surface area contributed by atoms with E-state index in [2.05, 4.69) is 10.2 Å². The largest absolute Gasteiger partial charge is 0.484 e. The number of carbonyl (C=O) groups is 1. The summed E-state index contributed by atoms with van der Waals surface area (Å²) < 4.78 is 30.0. The average Bonchev–Trinajstić information content (AvgIpc) is 2.72. The van der Waals surface area contributed by atoms with Crippen LogP contribution in [0.4, 0.5) is 17.1 Å². The zero-order chi connectivity index (χ0) is 21.7. The quantitative estimate of drug-likeness (QED) is 0.520. The molecular formula is C19H22N4O6S. The number of nitrogens with one attached hydrogen (secondary N) is 1. The lowest BCUT2D eigenvalue weighted by molar-refractivity contribution is -0.384. The summed E-state index contributed by atoms with van der Waals surface area (Å²) in [5, 5.41) is 13.4. The Kier molecular flexibility index (Phi) is 6.53. The van der Waals surface area contributed by atoms with Gasteiger partial charge < -0.3 is 15.0 Å². The van der Waals surface area contributed by atoms with E-state index >= 15 is 0 Å². The first-order valence-electron chi connectivity index (χ1n) is 9.19. The topological polar surface area (TPSA) is 122 Å². The van der Waals surface area contributed by atoms with Gasteiger partial charge in [0.1, 0.15) is 5.75 Å². The normalized spacial score (nSPS) is 14.9. The number of nitro benzene ring substituents is 1. The number of anilines is 2. The van der Waals surface area contributed by atoms with Crippen LogP contribution in [0.5, 0.6) is 5.75 Å². The molecule has 30 heavy (non-hydrogen) atoms. The minimum absolute atomic E-state index is 0.0513. The van der Waals surface area contributed by atoms with Crippen molar-refractivity contribution in [1.82, 2.24) is 4.31 Å². The zero-order valence-electron chi connectivity index (χ0n) is 16.4. The molecule has 0 saturated carbocycles. The molecule has 10 nitrogen and oxygen atoms in total. The number of rotatable bonds is 7. The molecule has 1 N–H and O–H groups in total. The zero-order valence-corrected chi connectivity index (χ0v) is 17.2. The van der Waals surface area contributed by atoms with Gasteiger partial charge in [0.05, 0.1) is 11.2 Å². The number of hydrogen-bond donors (Lipinski definition) is 1. The van der Waals surface area contributed by atoms with Crippen LogP contribution in [0.1, 0.15) is 0 Å². The molecule has 1 amide bonds. The highest BCUT2D eigenvalue weighted by Gasteiger charge is 2.23. The third-order valence-corrected chi connectivity index (χ3v) is 5.94. The summed E-state index contributed by atoms with van der Waals surface area (Å²) in [6.45, 7) is 1.85. The molecule has 2 aromatic carbocycles. The van der Waals surface area contributed by atoms with E-state index in [1.165, 1.54) is 34.8 Å². The van der Waals surface area contributed by atoms with E-state index < -0.39 is 14.9 Å². The lowest BCUT2D eigenvalue weighted by atomic mass is 10.2. The van der Waals surface area contributed by atoms with Crippen molar-refractivity contribution >= 4 is 33.0 Å². The molecule has 0 aliphatic carbocycles. The van der Waals surface area contributed by atoms with Crippen LogP contribution in [0.2, 0.25) is 0 Å². The van der Waals surface area contributed by atoms with E-state index in [0.29, 0.717) is 37.6 Å². The van der Waals surface area contributed by atoms with Crippen LogP contribution < -0.4 is 15.0 Å². The monoisotopic (exact) mass is 434 g/mol. The molecule has 1 saturated heterocycles. The van der Waals surface area contributed by atoms with E-state index in [1.54, 1.807) is 12.1 Å². The fourth-order valence-corrected chi connectivity index (χ4v) is 3.87. The minimum atomic E-state index is -3.17. The van der Waals surface area contributed by atoms with E-state index in [0.717, 1.165) is 5.69 Å². The van der Waals surface area contributed by atoms with Crippen LogP contribution in [-0.2, 0) is 14.8 Å². The summed E-state index contributed by atoms with van der Waals surface area (Å²) in [7, 11) is -3.17. The maximum Gasteiger partial charge on any atom is 0.269 e. The predicted octanol–water partition coefficient (Wildman–Crippen LogP) is 1.69. The first kappa shape index (κ1) is 21.5. The number of amides is 1. The second-order valence-corrected chi connectivity index (χ2v) is 8.77. The average molecular weight is 434 g/mol. The van der Waals surface area contributed by atoms with Crippen LogP contribution in [-0.4, -0.2) is 62.6 Å². The number of piperazine rings is 1. The molecule has 3 rings (SSSR count). The molecule has 0 bridgehead atoms. The van der Waals surface area contributed by atoms with Crippen molar-refractivity contribution in [3.8, 4) is 5.75 Å². The molecule has 1 aliphatic heterocycles. The molecular weight excluding hydrogens is 412 g/mol. The molecule has 2 aromatic rings. The van der Waals surface area contributed by atoms with Gasteiger partial charge in [-0.25, -0.2) is 8.42 Å². The summed E-state index contributed by atoms with van der Waals surface area (Å²) in [5.41, 5.74) is 1.50. The van der Waals surface area contributed by atoms with Gasteiger partial charge in [-0.1, -0.05) is 0 Å². The lowest BCUT2D eigenvalue weighted by Crippen LogP contribution is -2.48. The van der Waals surface area contributed by atoms with Crippen LogP contribution in [0.3, 0.4) is 0 Å². The van der Waals surface area contributed by atoms with E-state index in [-0.39, 0.29) is 18.2 Å². The van der Waals surface area contributed by atoms with Gasteiger partial charge >= 0.3 is 0 Å². The third-order valence-electron chi connectivity index (χ3n) is 4.64. The molecule has 0 radical (unpaired) electrons. The lowest BCUT2D eigenvalue weighted by Gasteiger charge is -2.34. The summed E-state index contributed by atoms with van der Waals surface area (Å²) in [6, 6.07) is 12.7. The summed E-state index contributed by atoms with van der Waals surface area (Å²) in [4.78, 5) is 24.3. The van der Waals surface area contributed by atoms with Gasteiger partial charge in [0.2, 0.25) is 10.0 Å². The van der Waals surface area contributed by atoms with Gasteiger partial charge in [-0.05, 0) is 36.4 Å². The number of nitrogens with zero attached hydrogens (tertiary/aromatic N) is 3. The molecule has 160 valence electrons. The standard InChI is InChI=1S/C19H22N4O6S/c1-30(27,28)22-12-10-21(11-13-22)16-4-2-15(3-5-16)20-19(24)14-29-18-8-6-17(7-9-18)23(25)26/h2-9H,10-14H2,1H3,(H,20,24). The maximum absolute atomic E-state index is 12.1. The highest BCUT2D eigenvalue weighted by molar-refractivity contribution is 7.88. The second kappa shape index (κ2) is 9.09. The number of benzene rings is 2. The van der Waals surface area contributed by atoms with Gasteiger partial charge in [0.25, 0.3) is 11.6 Å². The molecule has 11 heteroatoms. The minimum Gasteiger partial charge on any atom is -0.484 e. The van der Waals surface area contributed by atoms with Crippen molar-refractivity contribution in [3.63, 3.8) is 0 Å². The Balaban J connectivity index is 1.48. The number of non-ortho nitro benzene ring substituents is 1. The van der Waals surface area contributed by atoms with Crippen molar-refractivity contribution in [3.05, 3.63) is 58.6 Å². The first-order valence-corrected chi connectivity index (χ1v) is 11.0. The van der Waals surface area contributed by atoms with Gasteiger partial charge in [0, 0.05) is 49.7 Å². The van der Waals surface area contributed by atoms with E-state index in [4.69, 9.17) is 4.74 Å². The van der Waals surface area contributed by atoms with Crippen LogP contribution >= 0.6 is 0 Å². The van der Waals surface area contributed by atoms with E-state index in [9.17, 15) is 23.3 Å². The Hall–Kier alpha value is -3.18. The number of ether oxygens (including phenoxy) is 1. The van der Waals surface area contributed by atoms with Crippen molar-refractivity contribution < 1.29 is 22.9 Å². The van der Waals surface area contributed by atoms with Gasteiger partial charge in [-0.3, -0.25) is 14.9 Å². The Morgan fingerprint density at radius 2 is 1.67 bits per heavy atom. The van der Waals surface area contributed by atoms with Gasteiger partial charge in [0.15, 0.2) is 6.61 Å². The fraction of sp³-hybridized carbons (Fsp3) is 0.316. The smallest absolute Gasteiger partial charge is 0.269 e. The predicted molar refractivity (Wildman–Crippen MR) is 112 cm³/mol. The number of carbonyl (C=O) groups excluding carboxylic acids is 1. The molecule has 0 unspecified atom stereocenters. The SMILES string of the molecule is CS(=O)(=O)N1CCN(c2ccc(NC(=O)COc3ccc([N+](=O)[O-])cc3)cc2)CC1. The number of hydrogen-bond acceptors (Lipinski definition) is 7. The van der Waals surface area contributed by atoms with E-state index in [1.807, 2.05) is 12.1 Å². The highest BCUT2D eigenvalue weighted by Crippen LogP contribution is 2.21. The molecule has 1 fully saturated rings. The van der Waals surface area contributed by atoms with Crippen molar-refractivity contribution in [2.24, 2.45) is 0 Å². The highest BCUT2D eigenvalue weighted by atomic mass is 32.2. The molecule has 1 aliphatic rings. The molecule has 1 heterocycles. The van der Waals surface area contributed by atoms with Crippen molar-refractivity contribution in [1.29, 1.82) is 0 Å². The summed E-state index contributed by atoms with van der Waals surface area (Å²) >= 11 is 0. The Morgan fingerprint density at radius 3 is 2.20 bits per heavy atom. The maximum atomic E-state index is 12.1. The van der Waals surface area contributed by atoms with Crippen molar-refractivity contribution in [2.45, 2.75) is 0 Å². The van der Waals surface area contributed by atoms with Gasteiger partial charge in [-0.15, -0.1) is 0 Å². The summed E-state index contributed by atoms with van der Waals surface area (Å²) in [5.74, 6) is 0.00204. The first-order chi connectivity index (χ1) is 14.2. The molecule has 0 spiro atoms. The molecule has 0 aromatic heterocycles. The van der Waals surface area contributed by atoms with Crippen LogP contribution in [0.25, 0.3) is 0 Å². The Labute approximate surface area is 174 Å². The fourth-order valence-electron chi connectivity index (χ4n) is 3.04. The number of nitro groups is 1. The van der Waals surface area contributed by atoms with Crippen LogP contribution in [0.15, 0.2) is 48.5 Å². The third kappa shape index (κ3) is 5.67. The number of sulfonamides is 1.